The van der Waals surface area contributed by atoms with E-state index in [1.54, 1.807) is 12.1 Å². The van der Waals surface area contributed by atoms with Gasteiger partial charge in [-0.25, -0.2) is 0 Å². The first-order chi connectivity index (χ1) is 16.4. The van der Waals surface area contributed by atoms with E-state index in [9.17, 15) is 25.5 Å². The molecule has 0 bridgehead atoms. The Bertz CT molecular complexity index is 1300. The highest BCUT2D eigenvalue weighted by molar-refractivity contribution is 5.89. The fourth-order valence-electron chi connectivity index (χ4n) is 4.55. The van der Waals surface area contributed by atoms with Gasteiger partial charge in [-0.05, 0) is 46.9 Å². The highest BCUT2D eigenvalue weighted by atomic mass is 16.7. The average Bonchev–Trinajstić information content (AvgIpc) is 3.28. The molecule has 8 heteroatoms. The Kier molecular flexibility index (Phi) is 6.03. The first-order valence-electron chi connectivity index (χ1n) is 11.2. The third-order valence-corrected chi connectivity index (χ3v) is 6.49. The van der Waals surface area contributed by atoms with Crippen molar-refractivity contribution in [3.05, 3.63) is 78.0 Å². The number of H-pyrrole nitrogens is 1. The monoisotopic (exact) mass is 465 g/mol. The van der Waals surface area contributed by atoms with Crippen LogP contribution in [-0.2, 0) is 17.6 Å². The number of aromatic nitrogens is 1. The van der Waals surface area contributed by atoms with E-state index < -0.39 is 37.0 Å². The summed E-state index contributed by atoms with van der Waals surface area (Å²) in [7, 11) is 0. The van der Waals surface area contributed by atoms with E-state index in [1.165, 1.54) is 16.3 Å². The lowest BCUT2D eigenvalue weighted by Crippen LogP contribution is -2.69. The smallest absolute Gasteiger partial charge is 0.288 e. The third-order valence-electron chi connectivity index (χ3n) is 6.49. The Hall–Kier alpha value is -2.98. The van der Waals surface area contributed by atoms with Gasteiger partial charge in [-0.1, -0.05) is 48.5 Å². The molecule has 8 nitrogen and oxygen atoms in total. The van der Waals surface area contributed by atoms with Crippen molar-refractivity contribution in [2.75, 3.05) is 6.61 Å². The van der Waals surface area contributed by atoms with Gasteiger partial charge in [-0.2, -0.15) is 0 Å². The van der Waals surface area contributed by atoms with Crippen LogP contribution in [0, 0.1) is 0 Å². The number of hydrogen-bond donors (Lipinski definition) is 6. The zero-order valence-electron chi connectivity index (χ0n) is 18.3. The van der Waals surface area contributed by atoms with E-state index in [0.29, 0.717) is 11.8 Å². The van der Waals surface area contributed by atoms with Crippen LogP contribution < -0.4 is 4.74 Å². The second kappa shape index (κ2) is 8.99. The van der Waals surface area contributed by atoms with Gasteiger partial charge in [-0.15, -0.1) is 0 Å². The SMILES string of the molecule is OC[C@H]1O[C@H](O)[C@@](O)(Oc2cccc3[nH]cc(CCc4ccc5ccccc5c4)c23)[C@@H](O)[C@@H]1O. The van der Waals surface area contributed by atoms with E-state index in [0.717, 1.165) is 17.5 Å². The summed E-state index contributed by atoms with van der Waals surface area (Å²) in [6, 6.07) is 19.7. The van der Waals surface area contributed by atoms with Gasteiger partial charge in [0.1, 0.15) is 18.0 Å². The van der Waals surface area contributed by atoms with Crippen molar-refractivity contribution >= 4 is 21.7 Å². The highest BCUT2D eigenvalue weighted by Gasteiger charge is 2.57. The summed E-state index contributed by atoms with van der Waals surface area (Å²) in [6.07, 6.45) is -3.51. The molecule has 0 amide bonds. The standard InChI is InChI=1S/C26H27NO7/c28-14-21-23(29)24(30)26(32,25(31)33-21)34-20-7-3-6-19-22(20)18(13-27-19)11-9-15-8-10-16-4-1-2-5-17(16)12-15/h1-8,10,12-13,21,23-25,27-32H,9,11,14H2/t21-,23-,24+,25+,26+/m1/s1. The second-order valence-electron chi connectivity index (χ2n) is 8.67. The molecule has 1 saturated heterocycles. The molecule has 4 aromatic rings. The number of fused-ring (bicyclic) bond motifs is 2. The zero-order valence-corrected chi connectivity index (χ0v) is 18.3. The molecule has 0 saturated carbocycles. The molecule has 0 aliphatic carbocycles. The van der Waals surface area contributed by atoms with Crippen molar-refractivity contribution in [3.8, 4) is 5.75 Å². The molecular formula is C26H27NO7. The minimum absolute atomic E-state index is 0.214. The zero-order chi connectivity index (χ0) is 23.9. The maximum absolute atomic E-state index is 10.9. The summed E-state index contributed by atoms with van der Waals surface area (Å²) in [5.41, 5.74) is 2.86. The van der Waals surface area contributed by atoms with Gasteiger partial charge in [0.25, 0.3) is 5.79 Å². The molecule has 0 spiro atoms. The van der Waals surface area contributed by atoms with Crippen LogP contribution in [0.1, 0.15) is 11.1 Å². The lowest BCUT2D eigenvalue weighted by Gasteiger charge is -2.45. The van der Waals surface area contributed by atoms with Crippen LogP contribution in [0.2, 0.25) is 0 Å². The van der Waals surface area contributed by atoms with Crippen molar-refractivity contribution in [1.82, 2.24) is 4.98 Å². The average molecular weight is 466 g/mol. The lowest BCUT2D eigenvalue weighted by molar-refractivity contribution is -0.385. The summed E-state index contributed by atoms with van der Waals surface area (Å²) in [4.78, 5) is 3.19. The van der Waals surface area contributed by atoms with Gasteiger partial charge in [-0.3, -0.25) is 0 Å². The summed E-state index contributed by atoms with van der Waals surface area (Å²) in [5, 5.41) is 54.3. The summed E-state index contributed by atoms with van der Waals surface area (Å²) >= 11 is 0. The van der Waals surface area contributed by atoms with Gasteiger partial charge in [0.2, 0.25) is 6.29 Å². The van der Waals surface area contributed by atoms with E-state index in [2.05, 4.69) is 35.3 Å². The van der Waals surface area contributed by atoms with E-state index in [4.69, 9.17) is 9.47 Å². The number of hydrogen-bond acceptors (Lipinski definition) is 7. The van der Waals surface area contributed by atoms with Crippen molar-refractivity contribution in [3.63, 3.8) is 0 Å². The maximum atomic E-state index is 10.9. The molecule has 1 fully saturated rings. The molecule has 0 unspecified atom stereocenters. The predicted octanol–water partition coefficient (Wildman–Crippen LogP) is 1.60. The third kappa shape index (κ3) is 3.94. The van der Waals surface area contributed by atoms with Gasteiger partial charge in [0, 0.05) is 17.1 Å². The Morgan fingerprint density at radius 2 is 1.74 bits per heavy atom. The number of aliphatic hydroxyl groups excluding tert-OH is 4. The summed E-state index contributed by atoms with van der Waals surface area (Å²) < 4.78 is 10.8. The normalized spacial score (nSPS) is 27.3. The second-order valence-corrected chi connectivity index (χ2v) is 8.67. The molecule has 1 aliphatic heterocycles. The fraction of sp³-hybridized carbons (Fsp3) is 0.308. The van der Waals surface area contributed by atoms with Crippen LogP contribution in [0.3, 0.4) is 0 Å². The molecular weight excluding hydrogens is 438 g/mol. The molecule has 5 rings (SSSR count). The Labute approximate surface area is 195 Å². The highest BCUT2D eigenvalue weighted by Crippen LogP contribution is 2.36. The largest absolute Gasteiger partial charge is 0.454 e. The van der Waals surface area contributed by atoms with Crippen LogP contribution in [0.25, 0.3) is 21.7 Å². The van der Waals surface area contributed by atoms with E-state index in [-0.39, 0.29) is 5.75 Å². The molecule has 5 atom stereocenters. The molecule has 34 heavy (non-hydrogen) atoms. The number of benzene rings is 3. The van der Waals surface area contributed by atoms with Crippen LogP contribution >= 0.6 is 0 Å². The minimum atomic E-state index is -2.63. The summed E-state index contributed by atoms with van der Waals surface area (Å²) in [5.74, 6) is -2.42. The van der Waals surface area contributed by atoms with Gasteiger partial charge in [0.05, 0.1) is 6.61 Å². The van der Waals surface area contributed by atoms with Crippen molar-refractivity contribution in [2.45, 2.75) is 43.2 Å². The van der Waals surface area contributed by atoms with Crippen LogP contribution in [0.15, 0.2) is 66.9 Å². The number of aliphatic hydroxyl groups is 5. The molecule has 6 N–H and O–H groups in total. The van der Waals surface area contributed by atoms with Crippen molar-refractivity contribution < 1.29 is 35.0 Å². The Morgan fingerprint density at radius 3 is 2.53 bits per heavy atom. The van der Waals surface area contributed by atoms with Crippen LogP contribution in [0.4, 0.5) is 0 Å². The first kappa shape index (κ1) is 22.8. The van der Waals surface area contributed by atoms with Gasteiger partial charge >= 0.3 is 0 Å². The first-order valence-corrected chi connectivity index (χ1v) is 11.2. The molecule has 2 heterocycles. The number of ether oxygens (including phenoxy) is 2. The number of rotatable bonds is 6. The number of nitrogens with one attached hydrogen (secondary N) is 1. The molecule has 178 valence electrons. The number of aromatic amines is 1. The molecule has 1 aliphatic rings. The van der Waals surface area contributed by atoms with Gasteiger partial charge < -0.3 is 40.0 Å². The van der Waals surface area contributed by atoms with Crippen molar-refractivity contribution in [2.24, 2.45) is 0 Å². The van der Waals surface area contributed by atoms with Crippen LogP contribution in [-0.4, -0.2) is 67.5 Å². The molecule has 3 aromatic carbocycles. The minimum Gasteiger partial charge on any atom is -0.454 e. The van der Waals surface area contributed by atoms with E-state index >= 15 is 0 Å². The Morgan fingerprint density at radius 1 is 0.941 bits per heavy atom. The van der Waals surface area contributed by atoms with Crippen LogP contribution in [0.5, 0.6) is 5.75 Å². The molecule has 0 radical (unpaired) electrons. The molecule has 1 aromatic heterocycles. The Balaban J connectivity index is 1.42. The van der Waals surface area contributed by atoms with Gasteiger partial charge in [0.15, 0.2) is 6.10 Å². The summed E-state index contributed by atoms with van der Waals surface area (Å²) in [6.45, 7) is -0.641. The maximum Gasteiger partial charge on any atom is 0.288 e. The predicted molar refractivity (Wildman–Crippen MR) is 125 cm³/mol. The quantitative estimate of drug-likeness (QED) is 0.238. The van der Waals surface area contributed by atoms with Crippen molar-refractivity contribution in [1.29, 1.82) is 0 Å². The van der Waals surface area contributed by atoms with E-state index in [1.807, 2.05) is 24.4 Å². The topological polar surface area (TPSA) is 135 Å². The lowest BCUT2D eigenvalue weighted by atomic mass is 9.95. The number of aryl methyl sites for hydroxylation is 2. The fourth-order valence-corrected chi connectivity index (χ4v) is 4.55.